The minimum atomic E-state index is 0.722. The first-order chi connectivity index (χ1) is 7.88. The molecule has 0 aliphatic carbocycles. The molecule has 0 saturated carbocycles. The highest BCUT2D eigenvalue weighted by Gasteiger charge is 1.99. The van der Waals surface area contributed by atoms with Gasteiger partial charge in [-0.2, -0.15) is 0 Å². The molecule has 0 spiro atoms. The summed E-state index contributed by atoms with van der Waals surface area (Å²) in [6.07, 6.45) is 4.65. The molecule has 0 atom stereocenters. The third kappa shape index (κ3) is 3.12. The van der Waals surface area contributed by atoms with E-state index >= 15 is 0 Å². The Morgan fingerprint density at radius 3 is 2.56 bits per heavy atom. The molecule has 0 aromatic carbocycles. The van der Waals surface area contributed by atoms with Crippen molar-refractivity contribution in [3.05, 3.63) is 46.2 Å². The van der Waals surface area contributed by atoms with Crippen LogP contribution in [0.2, 0.25) is 0 Å². The molecular weight excluding hydrogens is 218 g/mol. The molecule has 0 bridgehead atoms. The molecule has 16 heavy (non-hydrogen) atoms. The van der Waals surface area contributed by atoms with Crippen LogP contribution in [0.15, 0.2) is 30.6 Å². The van der Waals surface area contributed by atoms with Gasteiger partial charge in [0.2, 0.25) is 0 Å². The van der Waals surface area contributed by atoms with Crippen LogP contribution in [-0.4, -0.2) is 9.97 Å². The van der Waals surface area contributed by atoms with E-state index in [0.29, 0.717) is 0 Å². The van der Waals surface area contributed by atoms with Crippen LogP contribution in [0.3, 0.4) is 0 Å². The predicted octanol–water partition coefficient (Wildman–Crippen LogP) is 2.39. The number of thiophene rings is 1. The van der Waals surface area contributed by atoms with Crippen LogP contribution in [0.4, 0.5) is 0 Å². The van der Waals surface area contributed by atoms with E-state index in [1.807, 2.05) is 17.4 Å². The van der Waals surface area contributed by atoms with E-state index in [0.717, 1.165) is 25.3 Å². The van der Waals surface area contributed by atoms with Gasteiger partial charge in [0.1, 0.15) is 5.82 Å². The van der Waals surface area contributed by atoms with Crippen molar-refractivity contribution < 1.29 is 0 Å². The number of aryl methyl sites for hydroxylation is 1. The summed E-state index contributed by atoms with van der Waals surface area (Å²) in [6, 6.07) is 6.21. The lowest BCUT2D eigenvalue weighted by molar-refractivity contribution is 0.668. The molecule has 2 heterocycles. The Kier molecular flexibility index (Phi) is 4.02. The predicted molar refractivity (Wildman–Crippen MR) is 66.3 cm³/mol. The molecule has 84 valence electrons. The summed E-state index contributed by atoms with van der Waals surface area (Å²) >= 11 is 1.86. The summed E-state index contributed by atoms with van der Waals surface area (Å²) in [5, 5.41) is 3.34. The summed E-state index contributed by atoms with van der Waals surface area (Å²) in [5.41, 5.74) is 0. The van der Waals surface area contributed by atoms with E-state index in [2.05, 4.69) is 34.3 Å². The largest absolute Gasteiger partial charge is 0.305 e. The molecule has 4 heteroatoms. The summed E-state index contributed by atoms with van der Waals surface area (Å²) in [4.78, 5) is 11.1. The number of aromatic nitrogens is 2. The average molecular weight is 233 g/mol. The Morgan fingerprint density at radius 2 is 1.88 bits per heavy atom. The highest BCUT2D eigenvalue weighted by molar-refractivity contribution is 7.11. The van der Waals surface area contributed by atoms with Crippen molar-refractivity contribution in [3.63, 3.8) is 0 Å². The molecule has 2 rings (SSSR count). The van der Waals surface area contributed by atoms with Crippen molar-refractivity contribution in [2.24, 2.45) is 0 Å². The fraction of sp³-hybridized carbons (Fsp3) is 0.333. The van der Waals surface area contributed by atoms with Crippen molar-refractivity contribution in [3.8, 4) is 0 Å². The maximum Gasteiger partial charge on any atom is 0.141 e. The van der Waals surface area contributed by atoms with Gasteiger partial charge in [0.15, 0.2) is 0 Å². The molecule has 0 aliphatic rings. The number of hydrogen-bond donors (Lipinski definition) is 1. The smallest absolute Gasteiger partial charge is 0.141 e. The first kappa shape index (κ1) is 11.2. The van der Waals surface area contributed by atoms with Crippen molar-refractivity contribution >= 4 is 11.3 Å². The fourth-order valence-corrected chi connectivity index (χ4v) is 2.35. The van der Waals surface area contributed by atoms with Crippen molar-refractivity contribution in [2.75, 3.05) is 0 Å². The molecule has 0 saturated heterocycles. The molecule has 0 radical (unpaired) electrons. The van der Waals surface area contributed by atoms with Crippen LogP contribution in [-0.2, 0) is 19.5 Å². The SMILES string of the molecule is CCc1ccc(CNCc2ncccn2)s1. The third-order valence-corrected chi connectivity index (χ3v) is 3.50. The summed E-state index contributed by atoms with van der Waals surface area (Å²) in [5.74, 6) is 0.842. The van der Waals surface area contributed by atoms with Crippen LogP contribution in [0, 0.1) is 0 Å². The van der Waals surface area contributed by atoms with Gasteiger partial charge in [-0.3, -0.25) is 0 Å². The normalized spacial score (nSPS) is 10.6. The van der Waals surface area contributed by atoms with Gasteiger partial charge in [0.25, 0.3) is 0 Å². The number of nitrogens with one attached hydrogen (secondary N) is 1. The van der Waals surface area contributed by atoms with Crippen LogP contribution in [0.1, 0.15) is 22.5 Å². The molecule has 2 aromatic rings. The average Bonchev–Trinajstić information content (AvgIpc) is 2.78. The molecule has 0 aliphatic heterocycles. The van der Waals surface area contributed by atoms with Gasteiger partial charge < -0.3 is 5.32 Å². The number of hydrogen-bond acceptors (Lipinski definition) is 4. The zero-order chi connectivity index (χ0) is 11.2. The molecular formula is C12H15N3S. The highest BCUT2D eigenvalue weighted by atomic mass is 32.1. The van der Waals surface area contributed by atoms with E-state index in [1.165, 1.54) is 9.75 Å². The van der Waals surface area contributed by atoms with E-state index in [9.17, 15) is 0 Å². The second kappa shape index (κ2) is 5.72. The van der Waals surface area contributed by atoms with Crippen molar-refractivity contribution in [1.82, 2.24) is 15.3 Å². The number of nitrogens with zero attached hydrogens (tertiary/aromatic N) is 2. The Bertz CT molecular complexity index is 425. The fourth-order valence-electron chi connectivity index (χ4n) is 1.43. The first-order valence-corrected chi connectivity index (χ1v) is 6.24. The Morgan fingerprint density at radius 1 is 1.12 bits per heavy atom. The second-order valence-corrected chi connectivity index (χ2v) is 4.74. The summed E-state index contributed by atoms with van der Waals surface area (Å²) in [7, 11) is 0. The lowest BCUT2D eigenvalue weighted by atomic mass is 10.3. The monoisotopic (exact) mass is 233 g/mol. The maximum absolute atomic E-state index is 4.16. The molecule has 2 aromatic heterocycles. The van der Waals surface area contributed by atoms with E-state index < -0.39 is 0 Å². The van der Waals surface area contributed by atoms with Crippen LogP contribution in [0.5, 0.6) is 0 Å². The highest BCUT2D eigenvalue weighted by Crippen LogP contribution is 2.16. The third-order valence-electron chi connectivity index (χ3n) is 2.27. The van der Waals surface area contributed by atoms with E-state index in [-0.39, 0.29) is 0 Å². The maximum atomic E-state index is 4.16. The van der Waals surface area contributed by atoms with E-state index in [4.69, 9.17) is 0 Å². The Hall–Kier alpha value is -1.26. The van der Waals surface area contributed by atoms with Gasteiger partial charge in [0.05, 0.1) is 6.54 Å². The molecule has 0 amide bonds. The molecule has 3 nitrogen and oxygen atoms in total. The number of rotatable bonds is 5. The van der Waals surface area contributed by atoms with Crippen molar-refractivity contribution in [1.29, 1.82) is 0 Å². The quantitative estimate of drug-likeness (QED) is 0.861. The summed E-state index contributed by atoms with van der Waals surface area (Å²) in [6.45, 7) is 3.80. The molecule has 1 N–H and O–H groups in total. The van der Waals surface area contributed by atoms with Gasteiger partial charge in [-0.25, -0.2) is 9.97 Å². The minimum Gasteiger partial charge on any atom is -0.305 e. The zero-order valence-corrected chi connectivity index (χ0v) is 10.1. The van der Waals surface area contributed by atoms with Gasteiger partial charge in [-0.05, 0) is 24.6 Å². The van der Waals surface area contributed by atoms with Crippen LogP contribution >= 0.6 is 11.3 Å². The van der Waals surface area contributed by atoms with Crippen LogP contribution < -0.4 is 5.32 Å². The lowest BCUT2D eigenvalue weighted by Crippen LogP contribution is -2.13. The van der Waals surface area contributed by atoms with Gasteiger partial charge in [-0.15, -0.1) is 11.3 Å². The molecule has 0 fully saturated rings. The first-order valence-electron chi connectivity index (χ1n) is 5.42. The van der Waals surface area contributed by atoms with Crippen LogP contribution in [0.25, 0.3) is 0 Å². The zero-order valence-electron chi connectivity index (χ0n) is 9.31. The van der Waals surface area contributed by atoms with E-state index in [1.54, 1.807) is 12.4 Å². The Balaban J connectivity index is 1.80. The lowest BCUT2D eigenvalue weighted by Gasteiger charge is -2.00. The van der Waals surface area contributed by atoms with Gasteiger partial charge >= 0.3 is 0 Å². The molecule has 0 unspecified atom stereocenters. The van der Waals surface area contributed by atoms with Gasteiger partial charge in [0, 0.05) is 28.7 Å². The second-order valence-electron chi connectivity index (χ2n) is 3.49. The minimum absolute atomic E-state index is 0.722. The summed E-state index contributed by atoms with van der Waals surface area (Å²) < 4.78 is 0. The van der Waals surface area contributed by atoms with Gasteiger partial charge in [-0.1, -0.05) is 6.92 Å². The standard InChI is InChI=1S/C12H15N3S/c1-2-10-4-5-11(16-10)8-13-9-12-14-6-3-7-15-12/h3-7,13H,2,8-9H2,1H3. The topological polar surface area (TPSA) is 37.8 Å². The Labute approximate surface area is 99.6 Å². The van der Waals surface area contributed by atoms with Crippen molar-refractivity contribution in [2.45, 2.75) is 26.4 Å².